The third kappa shape index (κ3) is 4.06. The minimum Gasteiger partial charge on any atom is -0.452 e. The fraction of sp³-hybridized carbons (Fsp3) is 0.400. The second-order valence-corrected chi connectivity index (χ2v) is 6.41. The van der Waals surface area contributed by atoms with Crippen molar-refractivity contribution in [3.63, 3.8) is 0 Å². The van der Waals surface area contributed by atoms with Crippen LogP contribution >= 0.6 is 23.2 Å². The van der Waals surface area contributed by atoms with Crippen molar-refractivity contribution in [1.82, 2.24) is 5.32 Å². The van der Waals surface area contributed by atoms with Gasteiger partial charge in [0.15, 0.2) is 6.61 Å². The number of carbonyl (C=O) groups is 2. The highest BCUT2D eigenvalue weighted by molar-refractivity contribution is 6.37. The number of benzene rings is 1. The monoisotopic (exact) mass is 355 g/mol. The van der Waals surface area contributed by atoms with E-state index in [1.807, 2.05) is 0 Å². The standard InChI is InChI=1S/C15H15Cl2N3O3/c1-15(7-18,8-2-3-8)20-12(21)6-23-14(22)10-4-9(16)5-11(17)13(10)19/h4-5,8H,2-3,6,19H2,1H3,(H,20,21)/t15-/m0/s1. The van der Waals surface area contributed by atoms with E-state index in [1.54, 1.807) is 6.92 Å². The zero-order chi connectivity index (χ0) is 17.2. The van der Waals surface area contributed by atoms with Crippen molar-refractivity contribution in [1.29, 1.82) is 5.26 Å². The zero-order valence-corrected chi connectivity index (χ0v) is 13.9. The van der Waals surface area contributed by atoms with Gasteiger partial charge in [-0.15, -0.1) is 0 Å². The molecule has 0 radical (unpaired) electrons. The van der Waals surface area contributed by atoms with E-state index in [2.05, 4.69) is 11.4 Å². The number of rotatable bonds is 5. The van der Waals surface area contributed by atoms with Crippen molar-refractivity contribution >= 4 is 40.8 Å². The van der Waals surface area contributed by atoms with E-state index in [-0.39, 0.29) is 27.2 Å². The molecule has 1 fully saturated rings. The Morgan fingerprint density at radius 2 is 2.13 bits per heavy atom. The van der Waals surface area contributed by atoms with Crippen LogP contribution in [0.2, 0.25) is 10.0 Å². The number of nitrogens with one attached hydrogen (secondary N) is 1. The molecule has 1 saturated carbocycles. The van der Waals surface area contributed by atoms with Gasteiger partial charge in [-0.1, -0.05) is 23.2 Å². The maximum Gasteiger partial charge on any atom is 0.340 e. The van der Waals surface area contributed by atoms with Gasteiger partial charge in [0.1, 0.15) is 5.54 Å². The molecule has 0 unspecified atom stereocenters. The number of carbonyl (C=O) groups excluding carboxylic acids is 2. The summed E-state index contributed by atoms with van der Waals surface area (Å²) in [4.78, 5) is 23.9. The Morgan fingerprint density at radius 1 is 1.48 bits per heavy atom. The lowest BCUT2D eigenvalue weighted by Gasteiger charge is -2.22. The second-order valence-electron chi connectivity index (χ2n) is 5.56. The summed E-state index contributed by atoms with van der Waals surface area (Å²) in [6.07, 6.45) is 1.78. The number of nitrogen functional groups attached to an aromatic ring is 1. The second kappa shape index (κ2) is 6.65. The van der Waals surface area contributed by atoms with Gasteiger partial charge in [0.25, 0.3) is 5.91 Å². The topological polar surface area (TPSA) is 105 Å². The molecular weight excluding hydrogens is 341 g/mol. The summed E-state index contributed by atoms with van der Waals surface area (Å²) in [6.45, 7) is 1.13. The molecule has 0 aromatic heterocycles. The largest absolute Gasteiger partial charge is 0.452 e. The van der Waals surface area contributed by atoms with Crippen LogP contribution in [-0.2, 0) is 9.53 Å². The van der Waals surface area contributed by atoms with Crippen LogP contribution in [0.1, 0.15) is 30.1 Å². The molecule has 1 aliphatic rings. The van der Waals surface area contributed by atoms with Crippen molar-refractivity contribution in [3.8, 4) is 6.07 Å². The minimum absolute atomic E-state index is 0.0134. The summed E-state index contributed by atoms with van der Waals surface area (Å²) in [6, 6.07) is 4.80. The Morgan fingerprint density at radius 3 is 2.70 bits per heavy atom. The zero-order valence-electron chi connectivity index (χ0n) is 12.4. The molecule has 8 heteroatoms. The predicted octanol–water partition coefficient (Wildman–Crippen LogP) is 2.54. The molecule has 23 heavy (non-hydrogen) atoms. The highest BCUT2D eigenvalue weighted by Gasteiger charge is 2.43. The Balaban J connectivity index is 1.97. The van der Waals surface area contributed by atoms with Crippen molar-refractivity contribution < 1.29 is 14.3 Å². The van der Waals surface area contributed by atoms with Crippen molar-refractivity contribution in [2.24, 2.45) is 5.92 Å². The van der Waals surface area contributed by atoms with Gasteiger partial charge in [-0.25, -0.2) is 4.79 Å². The highest BCUT2D eigenvalue weighted by Crippen LogP contribution is 2.39. The van der Waals surface area contributed by atoms with Crippen LogP contribution in [0.4, 0.5) is 5.69 Å². The number of hydrogen-bond donors (Lipinski definition) is 2. The fourth-order valence-corrected chi connectivity index (χ4v) is 2.66. The van der Waals surface area contributed by atoms with Gasteiger partial charge in [-0.2, -0.15) is 5.26 Å². The number of nitriles is 1. The number of esters is 1. The van der Waals surface area contributed by atoms with E-state index in [1.165, 1.54) is 12.1 Å². The van der Waals surface area contributed by atoms with Gasteiger partial charge in [0, 0.05) is 5.02 Å². The number of halogens is 2. The van der Waals surface area contributed by atoms with Gasteiger partial charge in [-0.3, -0.25) is 4.79 Å². The molecule has 122 valence electrons. The fourth-order valence-electron chi connectivity index (χ4n) is 2.17. The average molecular weight is 356 g/mol. The lowest BCUT2D eigenvalue weighted by molar-refractivity contribution is -0.125. The van der Waals surface area contributed by atoms with Gasteiger partial charge in [0.2, 0.25) is 0 Å². The normalized spacial score (nSPS) is 16.1. The Hall–Kier alpha value is -1.97. The van der Waals surface area contributed by atoms with Crippen LogP contribution < -0.4 is 11.1 Å². The molecule has 0 aliphatic heterocycles. The first-order valence-corrected chi connectivity index (χ1v) is 7.66. The van der Waals surface area contributed by atoms with Crippen LogP contribution in [0, 0.1) is 17.2 Å². The number of ether oxygens (including phenoxy) is 1. The molecular formula is C15H15Cl2N3O3. The first-order valence-electron chi connectivity index (χ1n) is 6.90. The number of nitrogens with zero attached hydrogens (tertiary/aromatic N) is 1. The number of amides is 1. The lowest BCUT2D eigenvalue weighted by Crippen LogP contribution is -2.48. The van der Waals surface area contributed by atoms with E-state index in [0.29, 0.717) is 0 Å². The van der Waals surface area contributed by atoms with Gasteiger partial charge in [-0.05, 0) is 37.8 Å². The first-order chi connectivity index (χ1) is 10.8. The molecule has 1 aromatic rings. The SMILES string of the molecule is C[C@@](C#N)(NC(=O)COC(=O)c1cc(Cl)cc(Cl)c1N)C1CC1. The Bertz CT molecular complexity index is 698. The van der Waals surface area contributed by atoms with Crippen LogP contribution in [0.15, 0.2) is 12.1 Å². The molecule has 1 atom stereocenters. The van der Waals surface area contributed by atoms with Gasteiger partial charge < -0.3 is 15.8 Å². The summed E-state index contributed by atoms with van der Waals surface area (Å²) in [5, 5.41) is 12.1. The molecule has 0 saturated heterocycles. The molecule has 2 rings (SSSR count). The Kier molecular flexibility index (Phi) is 5.03. The van der Waals surface area contributed by atoms with Crippen molar-refractivity contribution in [3.05, 3.63) is 27.7 Å². The van der Waals surface area contributed by atoms with Gasteiger partial charge in [0.05, 0.1) is 22.3 Å². The highest BCUT2D eigenvalue weighted by atomic mass is 35.5. The molecule has 0 bridgehead atoms. The van der Waals surface area contributed by atoms with Crippen LogP contribution in [0.25, 0.3) is 0 Å². The third-order valence-electron chi connectivity index (χ3n) is 3.67. The Labute approximate surface area is 143 Å². The maximum absolute atomic E-state index is 12.0. The quantitative estimate of drug-likeness (QED) is 0.623. The molecule has 0 heterocycles. The molecule has 3 N–H and O–H groups in total. The average Bonchev–Trinajstić information content (AvgIpc) is 3.33. The van der Waals surface area contributed by atoms with E-state index < -0.39 is 24.0 Å². The minimum atomic E-state index is -0.943. The smallest absolute Gasteiger partial charge is 0.340 e. The van der Waals surface area contributed by atoms with Crippen LogP contribution in [0.5, 0.6) is 0 Å². The summed E-state index contributed by atoms with van der Waals surface area (Å²) in [5.41, 5.74) is 4.77. The molecule has 1 amide bonds. The first kappa shape index (κ1) is 17.4. The van der Waals surface area contributed by atoms with E-state index in [0.717, 1.165) is 12.8 Å². The third-order valence-corrected chi connectivity index (χ3v) is 4.20. The molecule has 1 aliphatic carbocycles. The lowest BCUT2D eigenvalue weighted by atomic mass is 9.98. The van der Waals surface area contributed by atoms with Crippen molar-refractivity contribution in [2.75, 3.05) is 12.3 Å². The summed E-state index contributed by atoms with van der Waals surface area (Å²) >= 11 is 11.7. The number of hydrogen-bond acceptors (Lipinski definition) is 5. The van der Waals surface area contributed by atoms with Crippen molar-refractivity contribution in [2.45, 2.75) is 25.3 Å². The van der Waals surface area contributed by atoms with E-state index >= 15 is 0 Å². The summed E-state index contributed by atoms with van der Waals surface area (Å²) in [5.74, 6) is -1.23. The van der Waals surface area contributed by atoms with E-state index in [9.17, 15) is 14.9 Å². The number of nitrogens with two attached hydrogens (primary N) is 1. The van der Waals surface area contributed by atoms with Gasteiger partial charge >= 0.3 is 5.97 Å². The predicted molar refractivity (Wildman–Crippen MR) is 86.0 cm³/mol. The summed E-state index contributed by atoms with van der Waals surface area (Å²) < 4.78 is 4.91. The van der Waals surface area contributed by atoms with Crippen LogP contribution in [-0.4, -0.2) is 24.0 Å². The number of anilines is 1. The molecule has 6 nitrogen and oxygen atoms in total. The molecule has 0 spiro atoms. The van der Waals surface area contributed by atoms with Crippen LogP contribution in [0.3, 0.4) is 0 Å². The summed E-state index contributed by atoms with van der Waals surface area (Å²) in [7, 11) is 0. The maximum atomic E-state index is 12.0. The molecule has 1 aromatic carbocycles. The van der Waals surface area contributed by atoms with E-state index in [4.69, 9.17) is 33.7 Å².